The highest BCUT2D eigenvalue weighted by atomic mass is 15.2. The molecule has 0 radical (unpaired) electrons. The molecule has 16 heavy (non-hydrogen) atoms. The first-order chi connectivity index (χ1) is 7.69. The van der Waals surface area contributed by atoms with Gasteiger partial charge in [0, 0.05) is 19.1 Å². The number of nitrogens with zero attached hydrogens (tertiary/aromatic N) is 2. The Balaban J connectivity index is 1.68. The monoisotopic (exact) mass is 220 g/mol. The Kier molecular flexibility index (Phi) is 3.86. The van der Waals surface area contributed by atoms with E-state index in [-0.39, 0.29) is 0 Å². The second-order valence-corrected chi connectivity index (χ2v) is 6.08. The molecule has 0 aromatic rings. The SMILES string of the molecule is CC(C)CC1CCC(N2CC(C#N)C2)CC1. The maximum Gasteiger partial charge on any atom is 0.0717 e. The Hall–Kier alpha value is -0.550. The topological polar surface area (TPSA) is 27.0 Å². The summed E-state index contributed by atoms with van der Waals surface area (Å²) in [6.45, 7) is 6.74. The van der Waals surface area contributed by atoms with E-state index in [2.05, 4.69) is 24.8 Å². The van der Waals surface area contributed by atoms with E-state index in [0.29, 0.717) is 5.92 Å². The van der Waals surface area contributed by atoms with Crippen molar-refractivity contribution >= 4 is 0 Å². The van der Waals surface area contributed by atoms with Crippen molar-refractivity contribution in [1.29, 1.82) is 5.26 Å². The van der Waals surface area contributed by atoms with Gasteiger partial charge in [-0.3, -0.25) is 4.90 Å². The smallest absolute Gasteiger partial charge is 0.0717 e. The van der Waals surface area contributed by atoms with Crippen LogP contribution >= 0.6 is 0 Å². The van der Waals surface area contributed by atoms with Gasteiger partial charge in [-0.2, -0.15) is 5.26 Å². The largest absolute Gasteiger partial charge is 0.298 e. The van der Waals surface area contributed by atoms with Gasteiger partial charge in [0.05, 0.1) is 12.0 Å². The Morgan fingerprint density at radius 1 is 1.19 bits per heavy atom. The van der Waals surface area contributed by atoms with Gasteiger partial charge in [-0.25, -0.2) is 0 Å². The van der Waals surface area contributed by atoms with Gasteiger partial charge in [0.2, 0.25) is 0 Å². The molecule has 0 aromatic carbocycles. The Bertz CT molecular complexity index is 252. The highest BCUT2D eigenvalue weighted by molar-refractivity contribution is 4.98. The molecule has 2 heteroatoms. The Morgan fingerprint density at radius 2 is 1.81 bits per heavy atom. The molecule has 1 heterocycles. The molecule has 1 saturated carbocycles. The molecule has 2 aliphatic rings. The third kappa shape index (κ3) is 2.77. The first-order valence-corrected chi connectivity index (χ1v) is 6.82. The molecule has 0 aromatic heterocycles. The van der Waals surface area contributed by atoms with Crippen LogP contribution in [0.3, 0.4) is 0 Å². The van der Waals surface area contributed by atoms with Crippen LogP contribution in [-0.4, -0.2) is 24.0 Å². The van der Waals surface area contributed by atoms with E-state index in [1.54, 1.807) is 0 Å². The minimum atomic E-state index is 0.327. The van der Waals surface area contributed by atoms with Crippen LogP contribution in [-0.2, 0) is 0 Å². The van der Waals surface area contributed by atoms with Crippen LogP contribution in [0.2, 0.25) is 0 Å². The van der Waals surface area contributed by atoms with Crippen LogP contribution in [0.15, 0.2) is 0 Å². The average Bonchev–Trinajstić information content (AvgIpc) is 2.18. The van der Waals surface area contributed by atoms with Crippen molar-refractivity contribution in [1.82, 2.24) is 4.90 Å². The lowest BCUT2D eigenvalue weighted by Crippen LogP contribution is -2.52. The highest BCUT2D eigenvalue weighted by Gasteiger charge is 2.34. The van der Waals surface area contributed by atoms with Crippen LogP contribution in [0, 0.1) is 29.1 Å². The minimum Gasteiger partial charge on any atom is -0.298 e. The van der Waals surface area contributed by atoms with Gasteiger partial charge in [-0.15, -0.1) is 0 Å². The summed E-state index contributed by atoms with van der Waals surface area (Å²) in [4.78, 5) is 2.53. The maximum atomic E-state index is 8.77. The fraction of sp³-hybridized carbons (Fsp3) is 0.929. The lowest BCUT2D eigenvalue weighted by atomic mass is 9.80. The summed E-state index contributed by atoms with van der Waals surface area (Å²) in [5.41, 5.74) is 0. The Labute approximate surface area is 99.6 Å². The zero-order valence-corrected chi connectivity index (χ0v) is 10.7. The van der Waals surface area contributed by atoms with E-state index in [4.69, 9.17) is 5.26 Å². The molecule has 2 nitrogen and oxygen atoms in total. The molecule has 1 saturated heterocycles. The van der Waals surface area contributed by atoms with Crippen molar-refractivity contribution in [2.24, 2.45) is 17.8 Å². The molecule has 1 aliphatic carbocycles. The van der Waals surface area contributed by atoms with Crippen molar-refractivity contribution in [2.75, 3.05) is 13.1 Å². The van der Waals surface area contributed by atoms with Crippen LogP contribution in [0.4, 0.5) is 0 Å². The third-order valence-corrected chi connectivity index (χ3v) is 4.23. The van der Waals surface area contributed by atoms with Gasteiger partial charge in [0.25, 0.3) is 0 Å². The van der Waals surface area contributed by atoms with E-state index in [1.165, 1.54) is 32.1 Å². The number of hydrogen-bond acceptors (Lipinski definition) is 2. The second-order valence-electron chi connectivity index (χ2n) is 6.08. The summed E-state index contributed by atoms with van der Waals surface area (Å²) in [5, 5.41) is 8.77. The van der Waals surface area contributed by atoms with Gasteiger partial charge >= 0.3 is 0 Å². The number of nitriles is 1. The van der Waals surface area contributed by atoms with Gasteiger partial charge in [-0.1, -0.05) is 13.8 Å². The molecule has 0 amide bonds. The summed E-state index contributed by atoms with van der Waals surface area (Å²) in [6.07, 6.45) is 6.98. The van der Waals surface area contributed by atoms with Crippen molar-refractivity contribution in [3.05, 3.63) is 0 Å². The maximum absolute atomic E-state index is 8.77. The van der Waals surface area contributed by atoms with Gasteiger partial charge in [0.1, 0.15) is 0 Å². The van der Waals surface area contributed by atoms with Gasteiger partial charge in [-0.05, 0) is 43.9 Å². The van der Waals surface area contributed by atoms with E-state index in [9.17, 15) is 0 Å². The zero-order valence-electron chi connectivity index (χ0n) is 10.7. The number of likely N-dealkylation sites (tertiary alicyclic amines) is 1. The van der Waals surface area contributed by atoms with Crippen LogP contribution in [0.25, 0.3) is 0 Å². The molecule has 2 fully saturated rings. The normalized spacial score (nSPS) is 32.4. The average molecular weight is 220 g/mol. The fourth-order valence-corrected chi connectivity index (χ4v) is 3.30. The van der Waals surface area contributed by atoms with E-state index >= 15 is 0 Å². The molecule has 0 spiro atoms. The van der Waals surface area contributed by atoms with Gasteiger partial charge in [0.15, 0.2) is 0 Å². The lowest BCUT2D eigenvalue weighted by Gasteiger charge is -2.44. The molecule has 0 bridgehead atoms. The van der Waals surface area contributed by atoms with Crippen molar-refractivity contribution in [3.8, 4) is 6.07 Å². The van der Waals surface area contributed by atoms with Gasteiger partial charge < -0.3 is 0 Å². The number of hydrogen-bond donors (Lipinski definition) is 0. The molecule has 0 N–H and O–H groups in total. The molecular weight excluding hydrogens is 196 g/mol. The Morgan fingerprint density at radius 3 is 2.31 bits per heavy atom. The van der Waals surface area contributed by atoms with E-state index < -0.39 is 0 Å². The summed E-state index contributed by atoms with van der Waals surface area (Å²) in [7, 11) is 0. The standard InChI is InChI=1S/C14H24N2/c1-11(2)7-12-3-5-14(6-4-12)16-9-13(8-15)10-16/h11-14H,3-7,9-10H2,1-2H3. The van der Waals surface area contributed by atoms with Crippen LogP contribution in [0.5, 0.6) is 0 Å². The van der Waals surface area contributed by atoms with E-state index in [1.807, 2.05) is 0 Å². The predicted molar refractivity (Wildman–Crippen MR) is 65.9 cm³/mol. The third-order valence-electron chi connectivity index (χ3n) is 4.23. The summed E-state index contributed by atoms with van der Waals surface area (Å²) >= 11 is 0. The van der Waals surface area contributed by atoms with Crippen molar-refractivity contribution < 1.29 is 0 Å². The number of rotatable bonds is 3. The highest BCUT2D eigenvalue weighted by Crippen LogP contribution is 2.34. The molecule has 2 rings (SSSR count). The fourth-order valence-electron chi connectivity index (χ4n) is 3.30. The van der Waals surface area contributed by atoms with Crippen LogP contribution in [0.1, 0.15) is 46.0 Å². The second kappa shape index (κ2) is 5.19. The van der Waals surface area contributed by atoms with Crippen molar-refractivity contribution in [3.63, 3.8) is 0 Å². The van der Waals surface area contributed by atoms with Crippen LogP contribution < -0.4 is 0 Å². The summed E-state index contributed by atoms with van der Waals surface area (Å²) < 4.78 is 0. The molecule has 1 aliphatic heterocycles. The summed E-state index contributed by atoms with van der Waals surface area (Å²) in [6, 6.07) is 3.16. The first kappa shape index (κ1) is 11.9. The summed E-state index contributed by atoms with van der Waals surface area (Å²) in [5.74, 6) is 2.16. The molecule has 0 atom stereocenters. The first-order valence-electron chi connectivity index (χ1n) is 6.82. The van der Waals surface area contributed by atoms with E-state index in [0.717, 1.165) is 31.0 Å². The zero-order chi connectivity index (χ0) is 11.5. The quantitative estimate of drug-likeness (QED) is 0.731. The molecule has 90 valence electrons. The predicted octanol–water partition coefficient (Wildman–Crippen LogP) is 3.05. The van der Waals surface area contributed by atoms with Crippen molar-refractivity contribution in [2.45, 2.75) is 52.0 Å². The molecule has 0 unspecified atom stereocenters. The lowest BCUT2D eigenvalue weighted by molar-refractivity contribution is 0.0479. The minimum absolute atomic E-state index is 0.327. The molecular formula is C14H24N2.